The van der Waals surface area contributed by atoms with Crippen LogP contribution in [0.15, 0.2) is 109 Å². The van der Waals surface area contributed by atoms with E-state index in [0.29, 0.717) is 17.2 Å². The fourth-order valence-electron chi connectivity index (χ4n) is 4.30. The van der Waals surface area contributed by atoms with Gasteiger partial charge in [-0.25, -0.2) is 9.67 Å². The normalized spacial score (nSPS) is 11.4. The van der Waals surface area contributed by atoms with Gasteiger partial charge in [0.25, 0.3) is 0 Å². The summed E-state index contributed by atoms with van der Waals surface area (Å²) >= 11 is 1.51. The second-order valence-electron chi connectivity index (χ2n) is 9.17. The Hall–Kier alpha value is -4.99. The highest BCUT2D eigenvalue weighted by atomic mass is 32.1. The lowest BCUT2D eigenvalue weighted by atomic mass is 10.1. The SMILES string of the molecule is Cc1ccc(COc2cccc(-c3nn(-c4ccccc4)cc3C=C(C#N)c3nc4ccccc4s3)c2)cc1. The standard InChI is InChI=1S/C33H24N4OS/c1-23-14-16-24(17-15-23)22-38-29-11-7-8-25(19-29)32-27(21-37(36-32)28-9-3-2-4-10-28)18-26(20-34)33-35-30-12-5-6-13-31(30)39-33/h2-19,21H,22H2,1H3. The van der Waals surface area contributed by atoms with Gasteiger partial charge in [-0.2, -0.15) is 10.4 Å². The van der Waals surface area contributed by atoms with Gasteiger partial charge in [0, 0.05) is 17.3 Å². The van der Waals surface area contributed by atoms with Gasteiger partial charge in [-0.15, -0.1) is 11.3 Å². The van der Waals surface area contributed by atoms with Crippen LogP contribution in [0.5, 0.6) is 5.75 Å². The molecule has 39 heavy (non-hydrogen) atoms. The van der Waals surface area contributed by atoms with E-state index >= 15 is 0 Å². The molecule has 0 saturated heterocycles. The molecule has 0 spiro atoms. The lowest BCUT2D eigenvalue weighted by Crippen LogP contribution is -1.96. The number of nitriles is 1. The van der Waals surface area contributed by atoms with Crippen LogP contribution in [0.4, 0.5) is 0 Å². The highest BCUT2D eigenvalue weighted by Crippen LogP contribution is 2.32. The van der Waals surface area contributed by atoms with Crippen molar-refractivity contribution in [2.75, 3.05) is 0 Å². The highest BCUT2D eigenvalue weighted by molar-refractivity contribution is 7.19. The number of thiazole rings is 1. The maximum atomic E-state index is 10.1. The Labute approximate surface area is 230 Å². The average molecular weight is 525 g/mol. The summed E-state index contributed by atoms with van der Waals surface area (Å²) in [5, 5.41) is 15.7. The number of benzene rings is 4. The van der Waals surface area contributed by atoms with E-state index in [2.05, 4.69) is 37.3 Å². The number of hydrogen-bond donors (Lipinski definition) is 0. The number of aromatic nitrogens is 3. The first-order valence-corrected chi connectivity index (χ1v) is 13.4. The Morgan fingerprint density at radius 1 is 0.949 bits per heavy atom. The van der Waals surface area contributed by atoms with Gasteiger partial charge < -0.3 is 4.74 Å². The molecule has 0 atom stereocenters. The van der Waals surface area contributed by atoms with Crippen LogP contribution in [0.1, 0.15) is 21.7 Å². The molecule has 0 fully saturated rings. The van der Waals surface area contributed by atoms with E-state index in [4.69, 9.17) is 14.8 Å². The van der Waals surface area contributed by atoms with E-state index in [9.17, 15) is 5.26 Å². The number of nitrogens with zero attached hydrogens (tertiary/aromatic N) is 4. The molecule has 0 bridgehead atoms. The summed E-state index contributed by atoms with van der Waals surface area (Å²) in [6, 6.07) is 36.5. The minimum absolute atomic E-state index is 0.477. The molecule has 0 aliphatic carbocycles. The maximum absolute atomic E-state index is 10.1. The van der Waals surface area contributed by atoms with Gasteiger partial charge in [-0.1, -0.05) is 72.3 Å². The van der Waals surface area contributed by atoms with Crippen LogP contribution in [0.3, 0.4) is 0 Å². The Balaban J connectivity index is 1.39. The van der Waals surface area contributed by atoms with Crippen molar-refractivity contribution in [2.24, 2.45) is 0 Å². The quantitative estimate of drug-likeness (QED) is 0.198. The Morgan fingerprint density at radius 3 is 2.54 bits per heavy atom. The first kappa shape index (κ1) is 24.4. The molecule has 0 amide bonds. The Bertz CT molecular complexity index is 1790. The van der Waals surface area contributed by atoms with E-state index in [1.807, 2.05) is 95.8 Å². The highest BCUT2D eigenvalue weighted by Gasteiger charge is 2.15. The van der Waals surface area contributed by atoms with Gasteiger partial charge in [0.2, 0.25) is 0 Å². The van der Waals surface area contributed by atoms with Crippen molar-refractivity contribution < 1.29 is 4.74 Å². The third-order valence-corrected chi connectivity index (χ3v) is 7.41. The summed E-state index contributed by atoms with van der Waals surface area (Å²) < 4.78 is 9.01. The van der Waals surface area contributed by atoms with Crippen molar-refractivity contribution in [1.29, 1.82) is 5.26 Å². The van der Waals surface area contributed by atoms with E-state index < -0.39 is 0 Å². The molecule has 2 aromatic heterocycles. The van der Waals surface area contributed by atoms with Crippen molar-refractivity contribution in [2.45, 2.75) is 13.5 Å². The Kier molecular flexibility index (Phi) is 6.73. The van der Waals surface area contributed by atoms with Gasteiger partial charge in [-0.3, -0.25) is 0 Å². The van der Waals surface area contributed by atoms with Crippen LogP contribution in [0.25, 0.3) is 38.8 Å². The zero-order valence-corrected chi connectivity index (χ0v) is 22.1. The molecule has 5 nitrogen and oxygen atoms in total. The summed E-state index contributed by atoms with van der Waals surface area (Å²) in [5.74, 6) is 0.754. The van der Waals surface area contributed by atoms with Gasteiger partial charge in [0.1, 0.15) is 29.1 Å². The van der Waals surface area contributed by atoms with Crippen molar-refractivity contribution in [3.63, 3.8) is 0 Å². The molecule has 0 saturated carbocycles. The summed E-state index contributed by atoms with van der Waals surface area (Å²) in [6.45, 7) is 2.55. The van der Waals surface area contributed by atoms with Crippen molar-refractivity contribution in [3.8, 4) is 28.8 Å². The zero-order chi connectivity index (χ0) is 26.6. The molecule has 6 aromatic rings. The molecule has 6 rings (SSSR count). The van der Waals surface area contributed by atoms with E-state index in [1.165, 1.54) is 16.9 Å². The van der Waals surface area contributed by atoms with Crippen molar-refractivity contribution >= 4 is 33.2 Å². The number of allylic oxidation sites excluding steroid dienone is 1. The summed E-state index contributed by atoms with van der Waals surface area (Å²) in [7, 11) is 0. The molecule has 0 aliphatic rings. The topological polar surface area (TPSA) is 63.7 Å². The lowest BCUT2D eigenvalue weighted by molar-refractivity contribution is 0.306. The smallest absolute Gasteiger partial charge is 0.135 e. The van der Waals surface area contributed by atoms with Gasteiger partial charge in [-0.05, 0) is 55.0 Å². The second kappa shape index (κ2) is 10.8. The number of aryl methyl sites for hydroxylation is 1. The van der Waals surface area contributed by atoms with E-state index in [0.717, 1.165) is 44.0 Å². The first-order chi connectivity index (χ1) is 19.2. The molecule has 6 heteroatoms. The largest absolute Gasteiger partial charge is 0.489 e. The van der Waals surface area contributed by atoms with Crippen molar-refractivity contribution in [3.05, 3.63) is 131 Å². The number of hydrogen-bond acceptors (Lipinski definition) is 5. The lowest BCUT2D eigenvalue weighted by Gasteiger charge is -2.08. The molecule has 4 aromatic carbocycles. The first-order valence-electron chi connectivity index (χ1n) is 12.6. The fraction of sp³-hybridized carbons (Fsp3) is 0.0606. The van der Waals surface area contributed by atoms with Gasteiger partial charge in [0.05, 0.1) is 21.5 Å². The molecular weight excluding hydrogens is 500 g/mol. The van der Waals surface area contributed by atoms with Crippen LogP contribution < -0.4 is 4.74 Å². The number of para-hydroxylation sites is 2. The van der Waals surface area contributed by atoms with Gasteiger partial charge >= 0.3 is 0 Å². The number of rotatable bonds is 7. The minimum atomic E-state index is 0.477. The summed E-state index contributed by atoms with van der Waals surface area (Å²) in [4.78, 5) is 4.70. The summed E-state index contributed by atoms with van der Waals surface area (Å²) in [6.07, 6.45) is 3.83. The van der Waals surface area contributed by atoms with Gasteiger partial charge in [0.15, 0.2) is 0 Å². The van der Waals surface area contributed by atoms with Crippen LogP contribution in [-0.4, -0.2) is 14.8 Å². The van der Waals surface area contributed by atoms with Crippen LogP contribution >= 0.6 is 11.3 Å². The third kappa shape index (κ3) is 5.35. The molecule has 0 aliphatic heterocycles. The average Bonchev–Trinajstić information content (AvgIpc) is 3.61. The molecular formula is C33H24N4OS. The van der Waals surface area contributed by atoms with Crippen LogP contribution in [0.2, 0.25) is 0 Å². The van der Waals surface area contributed by atoms with Crippen molar-refractivity contribution in [1.82, 2.24) is 14.8 Å². The molecule has 0 radical (unpaired) electrons. The molecule has 0 unspecified atom stereocenters. The van der Waals surface area contributed by atoms with Crippen LogP contribution in [-0.2, 0) is 6.61 Å². The van der Waals surface area contributed by atoms with E-state index in [1.54, 1.807) is 0 Å². The monoisotopic (exact) mass is 524 g/mol. The number of fused-ring (bicyclic) bond motifs is 1. The number of ether oxygens (including phenoxy) is 1. The molecule has 0 N–H and O–H groups in total. The predicted molar refractivity (Wildman–Crippen MR) is 158 cm³/mol. The second-order valence-corrected chi connectivity index (χ2v) is 10.2. The maximum Gasteiger partial charge on any atom is 0.135 e. The molecule has 2 heterocycles. The third-order valence-electron chi connectivity index (χ3n) is 6.34. The van der Waals surface area contributed by atoms with Crippen LogP contribution in [0, 0.1) is 18.3 Å². The predicted octanol–water partition coefficient (Wildman–Crippen LogP) is 8.10. The minimum Gasteiger partial charge on any atom is -0.489 e. The Morgan fingerprint density at radius 2 is 1.74 bits per heavy atom. The zero-order valence-electron chi connectivity index (χ0n) is 21.3. The molecule has 188 valence electrons. The fourth-order valence-corrected chi connectivity index (χ4v) is 5.23. The summed E-state index contributed by atoms with van der Waals surface area (Å²) in [5.41, 5.74) is 7.13. The van der Waals surface area contributed by atoms with E-state index in [-0.39, 0.29) is 0 Å².